The van der Waals surface area contributed by atoms with E-state index in [1.807, 2.05) is 19.1 Å². The summed E-state index contributed by atoms with van der Waals surface area (Å²) < 4.78 is 10.3. The lowest BCUT2D eigenvalue weighted by atomic mass is 10.1. The van der Waals surface area contributed by atoms with Crippen LogP contribution >= 0.6 is 23.4 Å². The van der Waals surface area contributed by atoms with Crippen molar-refractivity contribution in [3.05, 3.63) is 51.4 Å². The van der Waals surface area contributed by atoms with E-state index < -0.39 is 0 Å². The van der Waals surface area contributed by atoms with Gasteiger partial charge in [0.2, 0.25) is 5.75 Å². The fourth-order valence-electron chi connectivity index (χ4n) is 2.46. The van der Waals surface area contributed by atoms with Crippen molar-refractivity contribution >= 4 is 46.2 Å². The lowest BCUT2D eigenvalue weighted by Gasteiger charge is -2.09. The van der Waals surface area contributed by atoms with Crippen molar-refractivity contribution in [3.63, 3.8) is 0 Å². The zero-order chi connectivity index (χ0) is 19.6. The van der Waals surface area contributed by atoms with Gasteiger partial charge in [-0.15, -0.1) is 0 Å². The molecule has 0 saturated carbocycles. The molecule has 1 amide bonds. The Morgan fingerprint density at radius 3 is 2.52 bits per heavy atom. The van der Waals surface area contributed by atoms with Gasteiger partial charge in [0.05, 0.1) is 24.8 Å². The van der Waals surface area contributed by atoms with Crippen LogP contribution in [0.3, 0.4) is 0 Å². The molecule has 6 nitrogen and oxygen atoms in total. The number of ether oxygens (including phenoxy) is 2. The summed E-state index contributed by atoms with van der Waals surface area (Å²) in [5, 5.41) is 13.8. The molecule has 0 aromatic heterocycles. The summed E-state index contributed by atoms with van der Waals surface area (Å²) in [4.78, 5) is 17.2. The van der Waals surface area contributed by atoms with Crippen LogP contribution in [0.15, 0.2) is 40.2 Å². The first-order valence-corrected chi connectivity index (χ1v) is 9.12. The molecule has 0 atom stereocenters. The van der Waals surface area contributed by atoms with Crippen molar-refractivity contribution in [2.75, 3.05) is 14.2 Å². The number of amides is 1. The number of hydrogen-bond donors (Lipinski definition) is 2. The highest BCUT2D eigenvalue weighted by Gasteiger charge is 2.24. The number of aliphatic imine (C=N–C) groups is 1. The molecule has 1 fully saturated rings. The predicted octanol–water partition coefficient (Wildman–Crippen LogP) is 4.26. The summed E-state index contributed by atoms with van der Waals surface area (Å²) >= 11 is 7.33. The number of phenolic OH excluding ortho intramolecular Hbond substituents is 1. The van der Waals surface area contributed by atoms with E-state index in [0.29, 0.717) is 26.3 Å². The molecule has 0 spiro atoms. The topological polar surface area (TPSA) is 80.2 Å². The number of halogens is 1. The summed E-state index contributed by atoms with van der Waals surface area (Å²) in [6.45, 7) is 1.87. The van der Waals surface area contributed by atoms with Crippen LogP contribution in [0.1, 0.15) is 11.1 Å². The number of phenols is 1. The second-order valence-electron chi connectivity index (χ2n) is 5.64. The first-order chi connectivity index (χ1) is 12.9. The van der Waals surface area contributed by atoms with Crippen molar-refractivity contribution in [3.8, 4) is 17.2 Å². The summed E-state index contributed by atoms with van der Waals surface area (Å²) in [6.07, 6.45) is 1.68. The number of rotatable bonds is 4. The maximum atomic E-state index is 12.3. The summed E-state index contributed by atoms with van der Waals surface area (Å²) in [6, 6.07) is 8.67. The minimum atomic E-state index is -0.260. The molecule has 2 aromatic rings. The molecule has 0 unspecified atom stereocenters. The van der Waals surface area contributed by atoms with Crippen LogP contribution in [0.2, 0.25) is 5.02 Å². The molecular weight excluding hydrogens is 388 g/mol. The Balaban J connectivity index is 1.92. The van der Waals surface area contributed by atoms with Gasteiger partial charge in [-0.05, 0) is 60.2 Å². The van der Waals surface area contributed by atoms with E-state index in [-0.39, 0.29) is 23.2 Å². The van der Waals surface area contributed by atoms with E-state index in [0.717, 1.165) is 5.56 Å². The average molecular weight is 405 g/mol. The summed E-state index contributed by atoms with van der Waals surface area (Å²) in [7, 11) is 2.89. The van der Waals surface area contributed by atoms with Crippen LogP contribution in [0.5, 0.6) is 17.2 Å². The van der Waals surface area contributed by atoms with E-state index in [1.165, 1.54) is 26.0 Å². The molecule has 8 heteroatoms. The van der Waals surface area contributed by atoms with Gasteiger partial charge in [-0.25, -0.2) is 4.99 Å². The van der Waals surface area contributed by atoms with Crippen LogP contribution in [-0.4, -0.2) is 30.4 Å². The third-order valence-corrected chi connectivity index (χ3v) is 5.23. The number of benzene rings is 2. The minimum Gasteiger partial charge on any atom is -0.502 e. The highest BCUT2D eigenvalue weighted by Crippen LogP contribution is 2.39. The van der Waals surface area contributed by atoms with Gasteiger partial charge in [0, 0.05) is 5.02 Å². The van der Waals surface area contributed by atoms with Crippen molar-refractivity contribution in [2.24, 2.45) is 4.99 Å². The monoisotopic (exact) mass is 404 g/mol. The van der Waals surface area contributed by atoms with E-state index in [4.69, 9.17) is 21.1 Å². The maximum absolute atomic E-state index is 12.3. The van der Waals surface area contributed by atoms with Gasteiger partial charge >= 0.3 is 0 Å². The number of carbonyl (C=O) groups excluding carboxylic acids is 1. The van der Waals surface area contributed by atoms with Gasteiger partial charge < -0.3 is 19.9 Å². The van der Waals surface area contributed by atoms with E-state index in [9.17, 15) is 9.90 Å². The van der Waals surface area contributed by atoms with E-state index in [2.05, 4.69) is 10.3 Å². The molecule has 1 aliphatic rings. The van der Waals surface area contributed by atoms with Gasteiger partial charge in [0.1, 0.15) is 0 Å². The molecule has 1 aliphatic heterocycles. The third kappa shape index (κ3) is 4.04. The molecule has 2 N–H and O–H groups in total. The maximum Gasteiger partial charge on any atom is 0.264 e. The molecule has 0 bridgehead atoms. The molecule has 27 heavy (non-hydrogen) atoms. The zero-order valence-corrected chi connectivity index (χ0v) is 16.4. The number of aromatic hydroxyl groups is 1. The fraction of sp³-hybridized carbons (Fsp3) is 0.158. The number of carbonyl (C=O) groups is 1. The van der Waals surface area contributed by atoms with Crippen molar-refractivity contribution < 1.29 is 19.4 Å². The largest absolute Gasteiger partial charge is 0.502 e. The Morgan fingerprint density at radius 2 is 1.89 bits per heavy atom. The number of nitrogens with zero attached hydrogens (tertiary/aromatic N) is 1. The number of thioether (sulfide) groups is 1. The first kappa shape index (κ1) is 19.1. The van der Waals surface area contributed by atoms with E-state index in [1.54, 1.807) is 24.3 Å². The zero-order valence-electron chi connectivity index (χ0n) is 14.9. The number of hydrogen-bond acceptors (Lipinski definition) is 6. The van der Waals surface area contributed by atoms with Crippen molar-refractivity contribution in [1.29, 1.82) is 0 Å². The van der Waals surface area contributed by atoms with Crippen LogP contribution < -0.4 is 14.8 Å². The van der Waals surface area contributed by atoms with Gasteiger partial charge in [-0.2, -0.15) is 0 Å². The van der Waals surface area contributed by atoms with Gasteiger partial charge in [0.25, 0.3) is 5.91 Å². The van der Waals surface area contributed by atoms with Crippen LogP contribution in [0, 0.1) is 6.92 Å². The molecule has 1 saturated heterocycles. The molecule has 3 rings (SSSR count). The van der Waals surface area contributed by atoms with Crippen LogP contribution in [0.4, 0.5) is 5.69 Å². The van der Waals surface area contributed by atoms with Crippen molar-refractivity contribution in [2.45, 2.75) is 6.92 Å². The third-order valence-electron chi connectivity index (χ3n) is 3.91. The second kappa shape index (κ2) is 7.94. The molecule has 2 aromatic carbocycles. The molecule has 140 valence electrons. The predicted molar refractivity (Wildman–Crippen MR) is 108 cm³/mol. The highest BCUT2D eigenvalue weighted by atomic mass is 35.5. The van der Waals surface area contributed by atoms with Crippen LogP contribution in [-0.2, 0) is 4.79 Å². The standard InChI is InChI=1S/C19H17ClN2O4S/c1-10-12(20)5-4-6-13(10)21-19-22-18(24)16(27-19)9-11-7-14(25-2)17(23)15(8-11)26-3/h4-9,23H,1-3H3,(H,21,22,24)/b16-9+. The second-order valence-corrected chi connectivity index (χ2v) is 7.08. The SMILES string of the molecule is COc1cc(/C=C2/SC(=Nc3cccc(Cl)c3C)NC2=O)cc(OC)c1O. The Morgan fingerprint density at radius 1 is 1.22 bits per heavy atom. The lowest BCUT2D eigenvalue weighted by Crippen LogP contribution is -2.19. The number of nitrogens with one attached hydrogen (secondary N) is 1. The molecular formula is C19H17ClN2O4S. The molecule has 0 aliphatic carbocycles. The van der Waals surface area contributed by atoms with Gasteiger partial charge in [-0.1, -0.05) is 17.7 Å². The smallest absolute Gasteiger partial charge is 0.264 e. The number of methoxy groups -OCH3 is 2. The van der Waals surface area contributed by atoms with E-state index >= 15 is 0 Å². The van der Waals surface area contributed by atoms with Gasteiger partial charge in [0.15, 0.2) is 16.7 Å². The fourth-order valence-corrected chi connectivity index (χ4v) is 3.46. The Kier molecular flexibility index (Phi) is 5.62. The first-order valence-electron chi connectivity index (χ1n) is 7.92. The Bertz CT molecular complexity index is 947. The molecule has 0 radical (unpaired) electrons. The van der Waals surface area contributed by atoms with Crippen molar-refractivity contribution in [1.82, 2.24) is 5.32 Å². The lowest BCUT2D eigenvalue weighted by molar-refractivity contribution is -0.115. The number of amidine groups is 1. The normalized spacial score (nSPS) is 16.7. The molecule has 1 heterocycles. The van der Waals surface area contributed by atoms with Gasteiger partial charge in [-0.3, -0.25) is 4.79 Å². The Labute approximate surface area is 165 Å². The summed E-state index contributed by atoms with van der Waals surface area (Å²) in [5.41, 5.74) is 2.19. The highest BCUT2D eigenvalue weighted by molar-refractivity contribution is 8.18. The minimum absolute atomic E-state index is 0.0932. The summed E-state index contributed by atoms with van der Waals surface area (Å²) in [5.74, 6) is 0.162. The quantitative estimate of drug-likeness (QED) is 0.744. The average Bonchev–Trinajstić information content (AvgIpc) is 2.99. The van der Waals surface area contributed by atoms with Crippen LogP contribution in [0.25, 0.3) is 6.08 Å². The Hall–Kier alpha value is -2.64.